The van der Waals surface area contributed by atoms with Crippen LogP contribution in [0.5, 0.6) is 0 Å². The van der Waals surface area contributed by atoms with Crippen molar-refractivity contribution >= 4 is 11.8 Å². The number of hydrogen-bond acceptors (Lipinski definition) is 3. The number of hydrogen-bond donors (Lipinski definition) is 0. The van der Waals surface area contributed by atoms with E-state index in [4.69, 9.17) is 5.26 Å². The van der Waals surface area contributed by atoms with Crippen LogP contribution in [0.2, 0.25) is 0 Å². The zero-order chi connectivity index (χ0) is 19.9. The number of benzene rings is 2. The Morgan fingerprint density at radius 1 is 1.11 bits per heavy atom. The van der Waals surface area contributed by atoms with Crippen LogP contribution in [-0.2, 0) is 17.9 Å². The molecule has 0 radical (unpaired) electrons. The van der Waals surface area contributed by atoms with Crippen LogP contribution >= 0.6 is 0 Å². The molecule has 0 aromatic heterocycles. The van der Waals surface area contributed by atoms with Crippen molar-refractivity contribution in [1.82, 2.24) is 9.80 Å². The van der Waals surface area contributed by atoms with Crippen LogP contribution in [0.3, 0.4) is 0 Å². The highest BCUT2D eigenvalue weighted by Crippen LogP contribution is 2.16. The maximum atomic E-state index is 13.0. The number of carbonyl (C=O) groups is 2. The van der Waals surface area contributed by atoms with E-state index in [2.05, 4.69) is 13.0 Å². The zero-order valence-corrected chi connectivity index (χ0v) is 16.2. The number of nitrogens with zero attached hydrogens (tertiary/aromatic N) is 3. The Morgan fingerprint density at radius 2 is 1.79 bits per heavy atom. The van der Waals surface area contributed by atoms with Gasteiger partial charge < -0.3 is 9.80 Å². The van der Waals surface area contributed by atoms with Crippen molar-refractivity contribution < 1.29 is 9.59 Å². The Morgan fingerprint density at radius 3 is 2.36 bits per heavy atom. The Kier molecular flexibility index (Phi) is 6.44. The SMILES string of the molecule is CCCN(Cc1ccc(C#N)cc1)C(=O)c1ccc(CN2CCCC2=O)cc1. The third kappa shape index (κ3) is 4.77. The van der Waals surface area contributed by atoms with E-state index in [9.17, 15) is 9.59 Å². The first kappa shape index (κ1) is 19.6. The maximum Gasteiger partial charge on any atom is 0.254 e. The lowest BCUT2D eigenvalue weighted by Gasteiger charge is -2.23. The fraction of sp³-hybridized carbons (Fsp3) is 0.348. The molecule has 28 heavy (non-hydrogen) atoms. The highest BCUT2D eigenvalue weighted by molar-refractivity contribution is 5.94. The standard InChI is InChI=1S/C23H25N3O2/c1-2-13-26(17-19-7-5-18(15-24)6-8-19)23(28)21-11-9-20(10-12-21)16-25-14-3-4-22(25)27/h5-12H,2-4,13-14,16-17H2,1H3. The van der Waals surface area contributed by atoms with Crippen molar-refractivity contribution in [3.05, 3.63) is 70.8 Å². The summed E-state index contributed by atoms with van der Waals surface area (Å²) in [5.41, 5.74) is 3.31. The van der Waals surface area contributed by atoms with E-state index in [1.165, 1.54) is 0 Å². The summed E-state index contributed by atoms with van der Waals surface area (Å²) in [4.78, 5) is 28.5. The number of likely N-dealkylation sites (tertiary alicyclic amines) is 1. The third-order valence-corrected chi connectivity index (χ3v) is 4.98. The minimum atomic E-state index is -0.00462. The van der Waals surface area contributed by atoms with E-state index in [1.807, 2.05) is 46.2 Å². The second-order valence-corrected chi connectivity index (χ2v) is 7.15. The molecule has 0 N–H and O–H groups in total. The number of rotatable bonds is 7. The van der Waals surface area contributed by atoms with Crippen molar-refractivity contribution in [3.8, 4) is 6.07 Å². The van der Waals surface area contributed by atoms with E-state index >= 15 is 0 Å². The van der Waals surface area contributed by atoms with Gasteiger partial charge in [0.05, 0.1) is 11.6 Å². The largest absolute Gasteiger partial charge is 0.338 e. The van der Waals surface area contributed by atoms with E-state index in [0.29, 0.717) is 37.2 Å². The van der Waals surface area contributed by atoms with Crippen LogP contribution in [0.4, 0.5) is 0 Å². The molecule has 5 nitrogen and oxygen atoms in total. The highest BCUT2D eigenvalue weighted by atomic mass is 16.2. The summed E-state index contributed by atoms with van der Waals surface area (Å²) in [6.07, 6.45) is 2.44. The molecule has 0 spiro atoms. The summed E-state index contributed by atoms with van der Waals surface area (Å²) >= 11 is 0. The van der Waals surface area contributed by atoms with Crippen molar-refractivity contribution in [2.75, 3.05) is 13.1 Å². The smallest absolute Gasteiger partial charge is 0.254 e. The molecular formula is C23H25N3O2. The predicted octanol–water partition coefficient (Wildman–Crippen LogP) is 3.73. The second-order valence-electron chi connectivity index (χ2n) is 7.15. The lowest BCUT2D eigenvalue weighted by molar-refractivity contribution is -0.128. The number of amides is 2. The van der Waals surface area contributed by atoms with E-state index in [0.717, 1.165) is 30.5 Å². The van der Waals surface area contributed by atoms with Gasteiger partial charge in [-0.25, -0.2) is 0 Å². The molecule has 144 valence electrons. The molecule has 1 aliphatic rings. The van der Waals surface area contributed by atoms with Crippen LogP contribution in [0.1, 0.15) is 53.2 Å². The van der Waals surface area contributed by atoms with E-state index in [-0.39, 0.29) is 11.8 Å². The molecular weight excluding hydrogens is 350 g/mol. The fourth-order valence-corrected chi connectivity index (χ4v) is 3.45. The van der Waals surface area contributed by atoms with Crippen LogP contribution in [0, 0.1) is 11.3 Å². The average molecular weight is 375 g/mol. The maximum absolute atomic E-state index is 13.0. The van der Waals surface area contributed by atoms with Gasteiger partial charge in [-0.1, -0.05) is 31.2 Å². The van der Waals surface area contributed by atoms with Gasteiger partial charge in [-0.15, -0.1) is 0 Å². The van der Waals surface area contributed by atoms with Gasteiger partial charge in [0.15, 0.2) is 0 Å². The molecule has 1 aliphatic heterocycles. The molecule has 1 fully saturated rings. The molecule has 2 amide bonds. The molecule has 2 aromatic rings. The van der Waals surface area contributed by atoms with Gasteiger partial charge >= 0.3 is 0 Å². The number of nitriles is 1. The van der Waals surface area contributed by atoms with Crippen LogP contribution in [0.25, 0.3) is 0 Å². The summed E-state index contributed by atoms with van der Waals surface area (Å²) in [5.74, 6) is 0.201. The Balaban J connectivity index is 1.68. The predicted molar refractivity (Wildman–Crippen MR) is 107 cm³/mol. The van der Waals surface area contributed by atoms with Crippen molar-refractivity contribution in [3.63, 3.8) is 0 Å². The van der Waals surface area contributed by atoms with Crippen LogP contribution < -0.4 is 0 Å². The first-order chi connectivity index (χ1) is 13.6. The fourth-order valence-electron chi connectivity index (χ4n) is 3.45. The zero-order valence-electron chi connectivity index (χ0n) is 16.2. The van der Waals surface area contributed by atoms with Gasteiger partial charge in [-0.05, 0) is 48.2 Å². The van der Waals surface area contributed by atoms with Gasteiger partial charge in [0.1, 0.15) is 0 Å². The molecule has 2 aromatic carbocycles. The lowest BCUT2D eigenvalue weighted by atomic mass is 10.1. The Labute approximate surface area is 166 Å². The van der Waals surface area contributed by atoms with Gasteiger partial charge in [0.25, 0.3) is 5.91 Å². The van der Waals surface area contributed by atoms with Gasteiger partial charge in [-0.2, -0.15) is 5.26 Å². The van der Waals surface area contributed by atoms with Crippen LogP contribution in [0.15, 0.2) is 48.5 Å². The Bertz CT molecular complexity index is 866. The van der Waals surface area contributed by atoms with E-state index in [1.54, 1.807) is 12.1 Å². The molecule has 5 heteroatoms. The summed E-state index contributed by atoms with van der Waals surface area (Å²) in [6, 6.07) is 17.0. The summed E-state index contributed by atoms with van der Waals surface area (Å²) in [5, 5.41) is 8.92. The van der Waals surface area contributed by atoms with Crippen LogP contribution in [-0.4, -0.2) is 34.7 Å². The van der Waals surface area contributed by atoms with Crippen molar-refractivity contribution in [1.29, 1.82) is 5.26 Å². The molecule has 0 aliphatic carbocycles. The van der Waals surface area contributed by atoms with Gasteiger partial charge in [0.2, 0.25) is 5.91 Å². The summed E-state index contributed by atoms with van der Waals surface area (Å²) < 4.78 is 0. The first-order valence-corrected chi connectivity index (χ1v) is 9.75. The van der Waals surface area contributed by atoms with Crippen molar-refractivity contribution in [2.45, 2.75) is 39.3 Å². The van der Waals surface area contributed by atoms with E-state index < -0.39 is 0 Å². The van der Waals surface area contributed by atoms with Crippen molar-refractivity contribution in [2.24, 2.45) is 0 Å². The first-order valence-electron chi connectivity index (χ1n) is 9.75. The molecule has 0 atom stereocenters. The second kappa shape index (κ2) is 9.18. The van der Waals surface area contributed by atoms with Gasteiger partial charge in [-0.3, -0.25) is 9.59 Å². The monoisotopic (exact) mass is 375 g/mol. The highest BCUT2D eigenvalue weighted by Gasteiger charge is 2.20. The third-order valence-electron chi connectivity index (χ3n) is 4.98. The topological polar surface area (TPSA) is 64.4 Å². The lowest BCUT2D eigenvalue weighted by Crippen LogP contribution is -2.31. The molecule has 1 saturated heterocycles. The quantitative estimate of drug-likeness (QED) is 0.741. The molecule has 0 bridgehead atoms. The average Bonchev–Trinajstić information content (AvgIpc) is 3.13. The molecule has 1 heterocycles. The summed E-state index contributed by atoms with van der Waals surface area (Å²) in [7, 11) is 0. The minimum Gasteiger partial charge on any atom is -0.338 e. The summed E-state index contributed by atoms with van der Waals surface area (Å²) in [6.45, 7) is 4.66. The van der Waals surface area contributed by atoms with Gasteiger partial charge in [0, 0.05) is 38.2 Å². The molecule has 3 rings (SSSR count). The number of carbonyl (C=O) groups excluding carboxylic acids is 2. The Hall–Kier alpha value is -3.13. The molecule has 0 unspecified atom stereocenters. The minimum absolute atomic E-state index is 0.00462. The normalized spacial score (nSPS) is 13.4. The molecule has 0 saturated carbocycles.